The summed E-state index contributed by atoms with van der Waals surface area (Å²) in [5.41, 5.74) is 0. The number of piperidine rings is 1. The molecule has 2 fully saturated rings. The van der Waals surface area contributed by atoms with Crippen LogP contribution in [0.3, 0.4) is 0 Å². The molecular formula is C16H29N5O. The molecule has 2 aliphatic rings. The average Bonchev–Trinajstić information content (AvgIpc) is 3.03. The molecule has 3 heterocycles. The normalized spacial score (nSPS) is 23.7. The molecule has 0 spiro atoms. The van der Waals surface area contributed by atoms with E-state index in [1.165, 1.54) is 25.9 Å². The highest BCUT2D eigenvalue weighted by Crippen LogP contribution is 2.25. The molecule has 0 saturated carbocycles. The zero-order chi connectivity index (χ0) is 15.4. The van der Waals surface area contributed by atoms with Crippen LogP contribution in [-0.4, -0.2) is 70.0 Å². The van der Waals surface area contributed by atoms with E-state index >= 15 is 0 Å². The van der Waals surface area contributed by atoms with Crippen molar-refractivity contribution < 1.29 is 4.74 Å². The van der Waals surface area contributed by atoms with Crippen LogP contribution in [0.1, 0.15) is 32.5 Å². The van der Waals surface area contributed by atoms with Crippen molar-refractivity contribution in [1.29, 1.82) is 0 Å². The lowest BCUT2D eigenvalue weighted by Gasteiger charge is -2.40. The fourth-order valence-corrected chi connectivity index (χ4v) is 3.75. The summed E-state index contributed by atoms with van der Waals surface area (Å²) >= 11 is 0. The quantitative estimate of drug-likeness (QED) is 0.819. The number of aryl methyl sites for hydroxylation is 1. The van der Waals surface area contributed by atoms with Crippen LogP contribution in [0.5, 0.6) is 0 Å². The number of rotatable bonds is 5. The molecule has 6 nitrogen and oxygen atoms in total. The number of hydrogen-bond acceptors (Lipinski definition) is 5. The first-order valence-electron chi connectivity index (χ1n) is 8.68. The SMILES string of the molecule is CCn1ncnc1CN1CCC(C(C)N2CCOCC2)CC1. The fraction of sp³-hybridized carbons (Fsp3) is 0.875. The van der Waals surface area contributed by atoms with E-state index in [-0.39, 0.29) is 0 Å². The molecule has 1 aromatic rings. The van der Waals surface area contributed by atoms with Gasteiger partial charge in [0.1, 0.15) is 12.2 Å². The second kappa shape index (κ2) is 7.53. The van der Waals surface area contributed by atoms with Gasteiger partial charge in [-0.15, -0.1) is 0 Å². The first kappa shape index (κ1) is 15.9. The Morgan fingerprint density at radius 1 is 1.23 bits per heavy atom. The summed E-state index contributed by atoms with van der Waals surface area (Å²) in [5, 5.41) is 4.26. The maximum Gasteiger partial charge on any atom is 0.140 e. The van der Waals surface area contributed by atoms with Gasteiger partial charge in [-0.2, -0.15) is 5.10 Å². The molecule has 0 radical (unpaired) electrons. The van der Waals surface area contributed by atoms with Gasteiger partial charge in [-0.25, -0.2) is 9.67 Å². The van der Waals surface area contributed by atoms with Gasteiger partial charge < -0.3 is 4.74 Å². The zero-order valence-electron chi connectivity index (χ0n) is 13.9. The van der Waals surface area contributed by atoms with Crippen LogP contribution >= 0.6 is 0 Å². The summed E-state index contributed by atoms with van der Waals surface area (Å²) in [6.07, 6.45) is 4.25. The molecule has 6 heteroatoms. The van der Waals surface area contributed by atoms with E-state index in [9.17, 15) is 0 Å². The Balaban J connectivity index is 1.47. The van der Waals surface area contributed by atoms with E-state index < -0.39 is 0 Å². The van der Waals surface area contributed by atoms with Gasteiger partial charge in [0.05, 0.1) is 19.8 Å². The summed E-state index contributed by atoms with van der Waals surface area (Å²) in [5.74, 6) is 1.92. The number of ether oxygens (including phenoxy) is 1. The van der Waals surface area contributed by atoms with Crippen molar-refractivity contribution in [2.45, 2.75) is 45.8 Å². The van der Waals surface area contributed by atoms with Crippen molar-refractivity contribution in [1.82, 2.24) is 24.6 Å². The predicted octanol–water partition coefficient (Wildman–Crippen LogP) is 1.23. The third-order valence-corrected chi connectivity index (χ3v) is 5.30. The van der Waals surface area contributed by atoms with Gasteiger partial charge >= 0.3 is 0 Å². The highest BCUT2D eigenvalue weighted by Gasteiger charge is 2.28. The zero-order valence-corrected chi connectivity index (χ0v) is 13.9. The summed E-state index contributed by atoms with van der Waals surface area (Å²) in [6.45, 7) is 12.7. The summed E-state index contributed by atoms with van der Waals surface area (Å²) < 4.78 is 7.47. The van der Waals surface area contributed by atoms with E-state index in [2.05, 4.69) is 33.7 Å². The van der Waals surface area contributed by atoms with Crippen LogP contribution in [-0.2, 0) is 17.8 Å². The Hall–Kier alpha value is -0.980. The fourth-order valence-electron chi connectivity index (χ4n) is 3.75. The third kappa shape index (κ3) is 3.67. The second-order valence-electron chi connectivity index (χ2n) is 6.49. The van der Waals surface area contributed by atoms with Gasteiger partial charge in [-0.1, -0.05) is 0 Å². The minimum absolute atomic E-state index is 0.686. The van der Waals surface area contributed by atoms with Crippen LogP contribution < -0.4 is 0 Å². The number of nitrogens with zero attached hydrogens (tertiary/aromatic N) is 5. The minimum Gasteiger partial charge on any atom is -0.379 e. The van der Waals surface area contributed by atoms with E-state index in [1.807, 2.05) is 4.68 Å². The lowest BCUT2D eigenvalue weighted by molar-refractivity contribution is -0.00210. The summed E-state index contributed by atoms with van der Waals surface area (Å²) in [4.78, 5) is 9.53. The third-order valence-electron chi connectivity index (χ3n) is 5.30. The average molecular weight is 307 g/mol. The Bertz CT molecular complexity index is 449. The van der Waals surface area contributed by atoms with Gasteiger partial charge in [0.15, 0.2) is 0 Å². The van der Waals surface area contributed by atoms with Gasteiger partial charge in [0.25, 0.3) is 0 Å². The smallest absolute Gasteiger partial charge is 0.140 e. The van der Waals surface area contributed by atoms with E-state index in [1.54, 1.807) is 6.33 Å². The molecule has 2 saturated heterocycles. The number of likely N-dealkylation sites (tertiary alicyclic amines) is 1. The monoisotopic (exact) mass is 307 g/mol. The van der Waals surface area contributed by atoms with E-state index in [4.69, 9.17) is 4.74 Å². The summed E-state index contributed by atoms with van der Waals surface area (Å²) in [6, 6.07) is 0.686. The van der Waals surface area contributed by atoms with Gasteiger partial charge in [0, 0.05) is 25.7 Å². The van der Waals surface area contributed by atoms with Crippen molar-refractivity contribution in [2.75, 3.05) is 39.4 Å². The lowest BCUT2D eigenvalue weighted by atomic mass is 9.89. The molecule has 0 amide bonds. The van der Waals surface area contributed by atoms with Gasteiger partial charge in [0.2, 0.25) is 0 Å². The first-order chi connectivity index (χ1) is 10.8. The van der Waals surface area contributed by atoms with Crippen LogP contribution in [0.2, 0.25) is 0 Å². The molecule has 3 rings (SSSR count). The van der Waals surface area contributed by atoms with Crippen LogP contribution in [0.4, 0.5) is 0 Å². The molecular weight excluding hydrogens is 278 g/mol. The number of hydrogen-bond donors (Lipinski definition) is 0. The Kier molecular flexibility index (Phi) is 5.44. The van der Waals surface area contributed by atoms with Gasteiger partial charge in [-0.05, 0) is 45.7 Å². The van der Waals surface area contributed by atoms with Crippen LogP contribution in [0.15, 0.2) is 6.33 Å². The van der Waals surface area contributed by atoms with Gasteiger partial charge in [-0.3, -0.25) is 9.80 Å². The maximum absolute atomic E-state index is 5.47. The number of morpholine rings is 1. The molecule has 0 N–H and O–H groups in total. The van der Waals surface area contributed by atoms with Crippen molar-refractivity contribution in [3.05, 3.63) is 12.2 Å². The van der Waals surface area contributed by atoms with Crippen molar-refractivity contribution in [3.8, 4) is 0 Å². The lowest BCUT2D eigenvalue weighted by Crippen LogP contribution is -2.48. The molecule has 1 atom stereocenters. The topological polar surface area (TPSA) is 46.4 Å². The highest BCUT2D eigenvalue weighted by atomic mass is 16.5. The largest absolute Gasteiger partial charge is 0.379 e. The molecule has 22 heavy (non-hydrogen) atoms. The van der Waals surface area contributed by atoms with E-state index in [0.29, 0.717) is 6.04 Å². The molecule has 1 unspecified atom stereocenters. The maximum atomic E-state index is 5.47. The molecule has 0 aromatic carbocycles. The summed E-state index contributed by atoms with van der Waals surface area (Å²) in [7, 11) is 0. The van der Waals surface area contributed by atoms with Crippen LogP contribution in [0, 0.1) is 5.92 Å². The molecule has 0 aliphatic carbocycles. The predicted molar refractivity (Wildman–Crippen MR) is 85.6 cm³/mol. The highest BCUT2D eigenvalue weighted by molar-refractivity contribution is 4.88. The standard InChI is InChI=1S/C16H29N5O/c1-3-21-16(17-13-18-21)12-19-6-4-15(5-7-19)14(2)20-8-10-22-11-9-20/h13-15H,3-12H2,1-2H3. The second-order valence-corrected chi connectivity index (χ2v) is 6.49. The Morgan fingerprint density at radius 2 is 1.95 bits per heavy atom. The van der Waals surface area contributed by atoms with Crippen molar-refractivity contribution >= 4 is 0 Å². The van der Waals surface area contributed by atoms with Crippen LogP contribution in [0.25, 0.3) is 0 Å². The molecule has 0 bridgehead atoms. The molecule has 2 aliphatic heterocycles. The molecule has 1 aromatic heterocycles. The Labute approximate surface area is 133 Å². The molecule has 124 valence electrons. The number of aromatic nitrogens is 3. The first-order valence-corrected chi connectivity index (χ1v) is 8.68. The minimum atomic E-state index is 0.686. The Morgan fingerprint density at radius 3 is 2.64 bits per heavy atom. The van der Waals surface area contributed by atoms with E-state index in [0.717, 1.165) is 51.1 Å². The van der Waals surface area contributed by atoms with Crippen molar-refractivity contribution in [3.63, 3.8) is 0 Å². The van der Waals surface area contributed by atoms with Crippen molar-refractivity contribution in [2.24, 2.45) is 5.92 Å².